The summed E-state index contributed by atoms with van der Waals surface area (Å²) in [5.74, 6) is 0.910. The second-order valence-electron chi connectivity index (χ2n) is 7.35. The molecule has 0 spiro atoms. The van der Waals surface area contributed by atoms with Gasteiger partial charge in [0.1, 0.15) is 0 Å². The Kier molecular flexibility index (Phi) is 8.08. The predicted octanol–water partition coefficient (Wildman–Crippen LogP) is 3.03. The summed E-state index contributed by atoms with van der Waals surface area (Å²) in [6.45, 7) is 12.8. The van der Waals surface area contributed by atoms with Crippen molar-refractivity contribution in [2.24, 2.45) is 5.92 Å². The molecule has 0 bridgehead atoms. The third-order valence-corrected chi connectivity index (χ3v) is 4.55. The summed E-state index contributed by atoms with van der Waals surface area (Å²) in [6, 6.07) is 0.430. The lowest BCUT2D eigenvalue weighted by atomic mass is 9.94. The lowest BCUT2D eigenvalue weighted by Gasteiger charge is -2.31. The van der Waals surface area contributed by atoms with Crippen molar-refractivity contribution in [3.63, 3.8) is 0 Å². The van der Waals surface area contributed by atoms with Crippen molar-refractivity contribution in [1.29, 1.82) is 0 Å². The van der Waals surface area contributed by atoms with E-state index in [0.29, 0.717) is 6.04 Å². The van der Waals surface area contributed by atoms with Gasteiger partial charge in [0.25, 0.3) is 0 Å². The average molecular weight is 284 g/mol. The molecule has 0 radical (unpaired) electrons. The van der Waals surface area contributed by atoms with Crippen LogP contribution in [0, 0.1) is 5.92 Å². The van der Waals surface area contributed by atoms with Crippen LogP contribution in [0.2, 0.25) is 0 Å². The van der Waals surface area contributed by atoms with Gasteiger partial charge in [-0.05, 0) is 64.6 Å². The molecule has 0 saturated carbocycles. The van der Waals surface area contributed by atoms with Crippen LogP contribution in [-0.4, -0.2) is 47.8 Å². The summed E-state index contributed by atoms with van der Waals surface area (Å²) in [6.07, 6.45) is 7.64. The molecule has 1 saturated heterocycles. The molecule has 1 aliphatic rings. The van der Waals surface area contributed by atoms with Crippen LogP contribution in [0.25, 0.3) is 0 Å². The maximum Gasteiger partial charge on any atom is 0.0610 e. The van der Waals surface area contributed by atoms with E-state index in [1.165, 1.54) is 51.7 Å². The Morgan fingerprint density at radius 3 is 2.65 bits per heavy atom. The van der Waals surface area contributed by atoms with Gasteiger partial charge in [-0.15, -0.1) is 0 Å². The van der Waals surface area contributed by atoms with Crippen LogP contribution in [0.4, 0.5) is 0 Å². The molecule has 0 aromatic rings. The molecule has 0 aliphatic carbocycles. The highest BCUT2D eigenvalue weighted by Gasteiger charge is 2.23. The second kappa shape index (κ2) is 9.01. The van der Waals surface area contributed by atoms with Gasteiger partial charge >= 0.3 is 0 Å². The zero-order chi connectivity index (χ0) is 15.0. The molecule has 1 heterocycles. The first-order valence-electron chi connectivity index (χ1n) is 8.56. The van der Waals surface area contributed by atoms with Gasteiger partial charge in [-0.3, -0.25) is 0 Å². The number of rotatable bonds is 8. The third-order valence-electron chi connectivity index (χ3n) is 4.55. The molecule has 2 unspecified atom stereocenters. The van der Waals surface area contributed by atoms with Crippen molar-refractivity contribution in [1.82, 2.24) is 10.2 Å². The van der Waals surface area contributed by atoms with Crippen LogP contribution in [-0.2, 0) is 0 Å². The summed E-state index contributed by atoms with van der Waals surface area (Å²) in [4.78, 5) is 2.63. The van der Waals surface area contributed by atoms with E-state index in [2.05, 4.69) is 37.9 Å². The maximum atomic E-state index is 9.58. The lowest BCUT2D eigenvalue weighted by molar-refractivity contribution is 0.152. The Bertz CT molecular complexity index is 257. The fourth-order valence-corrected chi connectivity index (χ4v) is 3.29. The molecule has 1 fully saturated rings. The zero-order valence-electron chi connectivity index (χ0n) is 14.1. The normalized spacial score (nSPS) is 24.6. The van der Waals surface area contributed by atoms with Gasteiger partial charge in [0.05, 0.1) is 6.61 Å². The van der Waals surface area contributed by atoms with Gasteiger partial charge in [0.2, 0.25) is 0 Å². The van der Waals surface area contributed by atoms with Gasteiger partial charge in [-0.2, -0.15) is 0 Å². The number of nitrogens with one attached hydrogen (secondary N) is 1. The number of likely N-dealkylation sites (tertiary alicyclic amines) is 1. The van der Waals surface area contributed by atoms with Crippen LogP contribution in [0.3, 0.4) is 0 Å². The topological polar surface area (TPSA) is 35.5 Å². The number of nitrogens with zero attached hydrogens (tertiary/aromatic N) is 1. The molecule has 2 N–H and O–H groups in total. The van der Waals surface area contributed by atoms with Crippen molar-refractivity contribution in [2.75, 3.05) is 26.2 Å². The highest BCUT2D eigenvalue weighted by atomic mass is 16.3. The van der Waals surface area contributed by atoms with Gasteiger partial charge < -0.3 is 15.3 Å². The second-order valence-corrected chi connectivity index (χ2v) is 7.35. The number of aliphatic hydroxyl groups is 1. The zero-order valence-corrected chi connectivity index (χ0v) is 14.1. The number of hydrogen-bond acceptors (Lipinski definition) is 3. The Labute approximate surface area is 126 Å². The summed E-state index contributed by atoms with van der Waals surface area (Å²) in [5.41, 5.74) is -0.110. The molecule has 20 heavy (non-hydrogen) atoms. The summed E-state index contributed by atoms with van der Waals surface area (Å²) < 4.78 is 0. The predicted molar refractivity (Wildman–Crippen MR) is 87.1 cm³/mol. The Balaban J connectivity index is 2.19. The summed E-state index contributed by atoms with van der Waals surface area (Å²) in [7, 11) is 0. The smallest absolute Gasteiger partial charge is 0.0610 e. The number of aliphatic hydroxyl groups excluding tert-OH is 1. The highest BCUT2D eigenvalue weighted by molar-refractivity contribution is 4.83. The minimum absolute atomic E-state index is 0.110. The van der Waals surface area contributed by atoms with E-state index in [9.17, 15) is 5.11 Å². The Morgan fingerprint density at radius 2 is 2.00 bits per heavy atom. The van der Waals surface area contributed by atoms with Crippen molar-refractivity contribution in [3.8, 4) is 0 Å². The SMILES string of the molecule is CC1CCCN(CCCCC(C)(CO)NC(C)C)CC1. The first kappa shape index (κ1) is 17.9. The van der Waals surface area contributed by atoms with Crippen molar-refractivity contribution in [2.45, 2.75) is 77.8 Å². The van der Waals surface area contributed by atoms with E-state index in [1.807, 2.05) is 0 Å². The molecule has 0 amide bonds. The molecule has 1 aliphatic heterocycles. The standard InChI is InChI=1S/C17H36N2O/c1-15(2)18-17(4,14-20)10-5-6-11-19-12-7-8-16(3)9-13-19/h15-16,18,20H,5-14H2,1-4H3. The fourth-order valence-electron chi connectivity index (χ4n) is 3.29. The molecule has 3 nitrogen and oxygen atoms in total. The maximum absolute atomic E-state index is 9.58. The molecule has 120 valence electrons. The molecule has 0 aromatic carbocycles. The van der Waals surface area contributed by atoms with E-state index < -0.39 is 0 Å². The largest absolute Gasteiger partial charge is 0.394 e. The van der Waals surface area contributed by atoms with Crippen LogP contribution < -0.4 is 5.32 Å². The Morgan fingerprint density at radius 1 is 1.25 bits per heavy atom. The van der Waals surface area contributed by atoms with Crippen LogP contribution in [0.1, 0.15) is 66.2 Å². The fraction of sp³-hybridized carbons (Fsp3) is 1.00. The molecule has 2 atom stereocenters. The lowest BCUT2D eigenvalue weighted by Crippen LogP contribution is -2.49. The summed E-state index contributed by atoms with van der Waals surface area (Å²) >= 11 is 0. The molecular weight excluding hydrogens is 248 g/mol. The Hall–Kier alpha value is -0.120. The summed E-state index contributed by atoms with van der Waals surface area (Å²) in [5, 5.41) is 13.1. The van der Waals surface area contributed by atoms with Crippen LogP contribution in [0.15, 0.2) is 0 Å². The number of unbranched alkanes of at least 4 members (excludes halogenated alkanes) is 1. The van der Waals surface area contributed by atoms with Crippen molar-refractivity contribution in [3.05, 3.63) is 0 Å². The molecular formula is C17H36N2O. The van der Waals surface area contributed by atoms with E-state index in [1.54, 1.807) is 0 Å². The van der Waals surface area contributed by atoms with Crippen molar-refractivity contribution >= 4 is 0 Å². The monoisotopic (exact) mass is 284 g/mol. The van der Waals surface area contributed by atoms with Gasteiger partial charge in [-0.1, -0.05) is 27.2 Å². The van der Waals surface area contributed by atoms with Crippen LogP contribution >= 0.6 is 0 Å². The third kappa shape index (κ3) is 7.05. The first-order valence-corrected chi connectivity index (χ1v) is 8.56. The van der Waals surface area contributed by atoms with Crippen molar-refractivity contribution < 1.29 is 5.11 Å². The number of hydrogen-bond donors (Lipinski definition) is 2. The van der Waals surface area contributed by atoms with Gasteiger partial charge in [0, 0.05) is 11.6 Å². The average Bonchev–Trinajstić information content (AvgIpc) is 2.59. The minimum atomic E-state index is -0.110. The van der Waals surface area contributed by atoms with E-state index in [0.717, 1.165) is 12.3 Å². The highest BCUT2D eigenvalue weighted by Crippen LogP contribution is 2.18. The minimum Gasteiger partial charge on any atom is -0.394 e. The first-order chi connectivity index (χ1) is 9.45. The molecule has 0 aromatic heterocycles. The molecule has 3 heteroatoms. The van der Waals surface area contributed by atoms with E-state index >= 15 is 0 Å². The quantitative estimate of drug-likeness (QED) is 0.673. The van der Waals surface area contributed by atoms with Gasteiger partial charge in [-0.25, -0.2) is 0 Å². The van der Waals surface area contributed by atoms with Crippen LogP contribution in [0.5, 0.6) is 0 Å². The van der Waals surface area contributed by atoms with Gasteiger partial charge in [0.15, 0.2) is 0 Å². The van der Waals surface area contributed by atoms with E-state index in [4.69, 9.17) is 0 Å². The molecule has 1 rings (SSSR count). The van der Waals surface area contributed by atoms with E-state index in [-0.39, 0.29) is 12.1 Å².